The van der Waals surface area contributed by atoms with Crippen molar-refractivity contribution in [2.75, 3.05) is 0 Å². The van der Waals surface area contributed by atoms with Crippen molar-refractivity contribution in [2.45, 2.75) is 13.3 Å². The highest BCUT2D eigenvalue weighted by atomic mass is 14.2. The van der Waals surface area contributed by atoms with Gasteiger partial charge < -0.3 is 0 Å². The SMILES string of the molecule is Cc1cccc(-c2ccc3c(c2)-c2cc4ccccc4cc2C3)c1. The lowest BCUT2D eigenvalue weighted by Gasteiger charge is -2.08. The molecule has 0 aromatic heterocycles. The molecule has 0 heterocycles. The van der Waals surface area contributed by atoms with Crippen LogP contribution in [0.1, 0.15) is 16.7 Å². The minimum atomic E-state index is 1.05. The molecule has 0 amide bonds. The zero-order chi connectivity index (χ0) is 16.1. The normalized spacial score (nSPS) is 12.2. The first-order valence-corrected chi connectivity index (χ1v) is 8.50. The summed E-state index contributed by atoms with van der Waals surface area (Å²) in [5, 5.41) is 2.66. The molecule has 0 N–H and O–H groups in total. The zero-order valence-electron chi connectivity index (χ0n) is 13.7. The van der Waals surface area contributed by atoms with E-state index >= 15 is 0 Å². The minimum Gasteiger partial charge on any atom is -0.0616 e. The third kappa shape index (κ3) is 2.07. The molecule has 0 heteroatoms. The molecule has 1 aliphatic rings. The van der Waals surface area contributed by atoms with Crippen LogP contribution in [-0.2, 0) is 6.42 Å². The highest BCUT2D eigenvalue weighted by molar-refractivity contribution is 5.92. The lowest BCUT2D eigenvalue weighted by atomic mass is 9.97. The molecule has 24 heavy (non-hydrogen) atoms. The molecule has 0 spiro atoms. The third-order valence-electron chi connectivity index (χ3n) is 5.10. The van der Waals surface area contributed by atoms with Gasteiger partial charge in [0.05, 0.1) is 0 Å². The quantitative estimate of drug-likeness (QED) is 0.337. The molecule has 0 bridgehead atoms. The van der Waals surface area contributed by atoms with E-state index in [1.807, 2.05) is 0 Å². The van der Waals surface area contributed by atoms with E-state index in [1.165, 1.54) is 49.7 Å². The molecule has 5 rings (SSSR count). The summed E-state index contributed by atoms with van der Waals surface area (Å²) >= 11 is 0. The summed E-state index contributed by atoms with van der Waals surface area (Å²) in [4.78, 5) is 0. The topological polar surface area (TPSA) is 0 Å². The average molecular weight is 306 g/mol. The van der Waals surface area contributed by atoms with E-state index < -0.39 is 0 Å². The first-order valence-electron chi connectivity index (χ1n) is 8.50. The summed E-state index contributed by atoms with van der Waals surface area (Å²) in [6.07, 6.45) is 1.05. The lowest BCUT2D eigenvalue weighted by molar-refractivity contribution is 1.27. The molecule has 0 atom stereocenters. The second-order valence-corrected chi connectivity index (χ2v) is 6.77. The lowest BCUT2D eigenvalue weighted by Crippen LogP contribution is -1.83. The second kappa shape index (κ2) is 5.07. The minimum absolute atomic E-state index is 1.05. The van der Waals surface area contributed by atoms with Crippen molar-refractivity contribution in [2.24, 2.45) is 0 Å². The predicted molar refractivity (Wildman–Crippen MR) is 102 cm³/mol. The molecule has 0 unspecified atom stereocenters. The van der Waals surface area contributed by atoms with E-state index in [0.29, 0.717) is 0 Å². The van der Waals surface area contributed by atoms with E-state index in [1.54, 1.807) is 0 Å². The van der Waals surface area contributed by atoms with Gasteiger partial charge in [-0.2, -0.15) is 0 Å². The van der Waals surface area contributed by atoms with Crippen LogP contribution >= 0.6 is 0 Å². The fourth-order valence-corrected chi connectivity index (χ4v) is 3.88. The van der Waals surface area contributed by atoms with Crippen molar-refractivity contribution in [3.63, 3.8) is 0 Å². The Bertz CT molecular complexity index is 1090. The Morgan fingerprint density at radius 2 is 1.33 bits per heavy atom. The maximum absolute atomic E-state index is 2.37. The van der Waals surface area contributed by atoms with Crippen LogP contribution in [-0.4, -0.2) is 0 Å². The predicted octanol–water partition coefficient (Wildman–Crippen LogP) is 6.39. The highest BCUT2D eigenvalue weighted by Gasteiger charge is 2.19. The van der Waals surface area contributed by atoms with Crippen molar-refractivity contribution < 1.29 is 0 Å². The van der Waals surface area contributed by atoms with Crippen LogP contribution < -0.4 is 0 Å². The van der Waals surface area contributed by atoms with Gasteiger partial charge in [-0.15, -0.1) is 0 Å². The first-order chi connectivity index (χ1) is 11.8. The van der Waals surface area contributed by atoms with Crippen LogP contribution in [0.25, 0.3) is 33.0 Å². The molecule has 0 aliphatic heterocycles. The summed E-state index contributed by atoms with van der Waals surface area (Å²) in [6, 6.07) is 29.0. The first kappa shape index (κ1) is 13.6. The Labute approximate surface area is 142 Å². The van der Waals surface area contributed by atoms with Crippen molar-refractivity contribution in [1.29, 1.82) is 0 Å². The van der Waals surface area contributed by atoms with Gasteiger partial charge >= 0.3 is 0 Å². The molecule has 114 valence electrons. The standard InChI is InChI=1S/C24H18/c1-16-5-4-8-17(11-16)20-9-10-21-13-22-12-18-6-2-3-7-19(18)14-24(22)23(21)15-20/h2-12,14-15H,13H2,1H3. The molecular formula is C24H18. The Balaban J connectivity index is 1.70. The van der Waals surface area contributed by atoms with Gasteiger partial charge in [-0.3, -0.25) is 0 Å². The van der Waals surface area contributed by atoms with Crippen molar-refractivity contribution in [3.8, 4) is 22.3 Å². The fraction of sp³-hybridized carbons (Fsp3) is 0.0833. The van der Waals surface area contributed by atoms with Crippen LogP contribution in [0.15, 0.2) is 78.9 Å². The Hall–Kier alpha value is -2.86. The maximum Gasteiger partial charge on any atom is -0.00132 e. The van der Waals surface area contributed by atoms with E-state index in [9.17, 15) is 0 Å². The largest absolute Gasteiger partial charge is 0.0616 e. The summed E-state index contributed by atoms with van der Waals surface area (Å²) in [5.74, 6) is 0. The smallest absolute Gasteiger partial charge is 0.00132 e. The molecule has 0 fully saturated rings. The molecule has 0 nitrogen and oxygen atoms in total. The van der Waals surface area contributed by atoms with E-state index in [0.717, 1.165) is 6.42 Å². The number of aryl methyl sites for hydroxylation is 1. The van der Waals surface area contributed by atoms with Crippen LogP contribution in [0.4, 0.5) is 0 Å². The van der Waals surface area contributed by atoms with E-state index in [-0.39, 0.29) is 0 Å². The van der Waals surface area contributed by atoms with E-state index in [4.69, 9.17) is 0 Å². The van der Waals surface area contributed by atoms with Gasteiger partial charge in [0.15, 0.2) is 0 Å². The summed E-state index contributed by atoms with van der Waals surface area (Å²) < 4.78 is 0. The van der Waals surface area contributed by atoms with Gasteiger partial charge in [0.2, 0.25) is 0 Å². The van der Waals surface area contributed by atoms with Gasteiger partial charge in [0.1, 0.15) is 0 Å². The molecule has 1 aliphatic carbocycles. The second-order valence-electron chi connectivity index (χ2n) is 6.77. The average Bonchev–Trinajstić information content (AvgIpc) is 2.96. The van der Waals surface area contributed by atoms with Crippen molar-refractivity contribution in [1.82, 2.24) is 0 Å². The molecular weight excluding hydrogens is 288 g/mol. The molecule has 4 aromatic rings. The Morgan fingerprint density at radius 1 is 0.583 bits per heavy atom. The zero-order valence-corrected chi connectivity index (χ0v) is 13.7. The molecule has 0 saturated heterocycles. The summed E-state index contributed by atoms with van der Waals surface area (Å²) in [5.41, 5.74) is 9.60. The number of rotatable bonds is 1. The Morgan fingerprint density at radius 3 is 2.17 bits per heavy atom. The van der Waals surface area contributed by atoms with Crippen LogP contribution in [0.5, 0.6) is 0 Å². The van der Waals surface area contributed by atoms with Crippen LogP contribution in [0.3, 0.4) is 0 Å². The van der Waals surface area contributed by atoms with E-state index in [2.05, 4.69) is 85.8 Å². The number of fused-ring (bicyclic) bond motifs is 4. The van der Waals surface area contributed by atoms with Gasteiger partial charge in [-0.25, -0.2) is 0 Å². The monoisotopic (exact) mass is 306 g/mol. The van der Waals surface area contributed by atoms with Crippen molar-refractivity contribution >= 4 is 10.8 Å². The van der Waals surface area contributed by atoms with Gasteiger partial charge in [0, 0.05) is 0 Å². The number of benzene rings is 4. The third-order valence-corrected chi connectivity index (χ3v) is 5.10. The maximum atomic E-state index is 2.37. The summed E-state index contributed by atoms with van der Waals surface area (Å²) in [6.45, 7) is 2.15. The molecule has 0 saturated carbocycles. The van der Waals surface area contributed by atoms with Crippen LogP contribution in [0.2, 0.25) is 0 Å². The van der Waals surface area contributed by atoms with Gasteiger partial charge in [-0.1, -0.05) is 72.3 Å². The van der Waals surface area contributed by atoms with Crippen LogP contribution in [0, 0.1) is 6.92 Å². The molecule has 0 radical (unpaired) electrons. The number of hydrogen-bond acceptors (Lipinski definition) is 0. The van der Waals surface area contributed by atoms with Gasteiger partial charge in [0.25, 0.3) is 0 Å². The summed E-state index contributed by atoms with van der Waals surface area (Å²) in [7, 11) is 0. The van der Waals surface area contributed by atoms with Gasteiger partial charge in [-0.05, 0) is 69.6 Å². The van der Waals surface area contributed by atoms with Crippen molar-refractivity contribution in [3.05, 3.63) is 95.6 Å². The molecule has 4 aromatic carbocycles. The number of hydrogen-bond donors (Lipinski definition) is 0. The fourth-order valence-electron chi connectivity index (χ4n) is 3.88. The Kier molecular flexibility index (Phi) is 2.87. The highest BCUT2D eigenvalue weighted by Crippen LogP contribution is 2.40.